The molecule has 2 unspecified atom stereocenters. The van der Waals surface area contributed by atoms with Crippen LogP contribution in [0.2, 0.25) is 0 Å². The fourth-order valence-electron chi connectivity index (χ4n) is 1.77. The van der Waals surface area contributed by atoms with Crippen LogP contribution in [0, 0.1) is 0 Å². The molecule has 0 aromatic heterocycles. The molecule has 0 spiro atoms. The summed E-state index contributed by atoms with van der Waals surface area (Å²) in [7, 11) is 1.61. The van der Waals surface area contributed by atoms with Gasteiger partial charge < -0.3 is 36.3 Å². The smallest absolute Gasteiger partial charge is 0.405 e. The molecule has 0 aliphatic heterocycles. The third-order valence-corrected chi connectivity index (χ3v) is 2.77. The van der Waals surface area contributed by atoms with Gasteiger partial charge in [-0.05, 0) is 26.8 Å². The zero-order chi connectivity index (χ0) is 17.2. The number of hydrogen-bond acceptors (Lipinski definition) is 5. The number of amides is 3. The lowest BCUT2D eigenvalue weighted by atomic mass is 10.0. The van der Waals surface area contributed by atoms with E-state index in [-0.39, 0.29) is 25.9 Å². The van der Waals surface area contributed by atoms with Crippen LogP contribution in [-0.2, 0) is 9.59 Å². The van der Waals surface area contributed by atoms with E-state index in [0.29, 0.717) is 6.29 Å². The molecule has 0 fully saturated rings. The maximum atomic E-state index is 12.1. The lowest BCUT2D eigenvalue weighted by Crippen LogP contribution is -2.58. The number of likely N-dealkylation sites (N-methyl/N-ethyl adjacent to an activating group) is 1. The Kier molecular flexibility index (Phi) is 8.53. The first-order valence-corrected chi connectivity index (χ1v) is 6.63. The van der Waals surface area contributed by atoms with E-state index in [1.165, 1.54) is 6.92 Å². The Morgan fingerprint density at radius 1 is 1.23 bits per heavy atom. The molecule has 2 atom stereocenters. The summed E-state index contributed by atoms with van der Waals surface area (Å²) in [6.45, 7) is 1.77. The quantitative estimate of drug-likeness (QED) is 0.222. The Hall–Kier alpha value is -2.36. The van der Waals surface area contributed by atoms with Crippen LogP contribution in [0.4, 0.5) is 9.59 Å². The minimum Gasteiger partial charge on any atom is -0.465 e. The Balaban J connectivity index is 4.65. The summed E-state index contributed by atoms with van der Waals surface area (Å²) in [5, 5.41) is 26.6. The van der Waals surface area contributed by atoms with Crippen molar-refractivity contribution in [1.29, 1.82) is 0 Å². The molecule has 0 aromatic rings. The highest BCUT2D eigenvalue weighted by Crippen LogP contribution is 2.03. The van der Waals surface area contributed by atoms with Gasteiger partial charge in [-0.25, -0.2) is 9.59 Å². The van der Waals surface area contributed by atoms with Gasteiger partial charge in [0.25, 0.3) is 0 Å². The van der Waals surface area contributed by atoms with E-state index in [1.807, 2.05) is 5.32 Å². The van der Waals surface area contributed by atoms with Crippen molar-refractivity contribution in [1.82, 2.24) is 21.3 Å². The maximum Gasteiger partial charge on any atom is 0.405 e. The van der Waals surface area contributed by atoms with Crippen LogP contribution in [0.5, 0.6) is 0 Å². The monoisotopic (exact) mass is 318 g/mol. The minimum atomic E-state index is -1.38. The predicted octanol–water partition coefficient (Wildman–Crippen LogP) is -1.04. The van der Waals surface area contributed by atoms with Crippen LogP contribution in [0.3, 0.4) is 0 Å². The van der Waals surface area contributed by atoms with E-state index in [4.69, 9.17) is 10.2 Å². The zero-order valence-corrected chi connectivity index (χ0v) is 12.5. The van der Waals surface area contributed by atoms with Gasteiger partial charge in [0.2, 0.25) is 5.91 Å². The summed E-state index contributed by atoms with van der Waals surface area (Å²) < 4.78 is 0. The van der Waals surface area contributed by atoms with Crippen molar-refractivity contribution in [3.05, 3.63) is 0 Å². The van der Waals surface area contributed by atoms with E-state index in [2.05, 4.69) is 16.0 Å². The molecule has 0 aromatic carbocycles. The van der Waals surface area contributed by atoms with Gasteiger partial charge in [-0.1, -0.05) is 0 Å². The summed E-state index contributed by atoms with van der Waals surface area (Å²) in [5.74, 6) is -0.650. The molecule has 0 saturated heterocycles. The number of aldehydes is 1. The van der Waals surface area contributed by atoms with Gasteiger partial charge in [-0.2, -0.15) is 0 Å². The van der Waals surface area contributed by atoms with Crippen LogP contribution in [-0.4, -0.2) is 66.3 Å². The minimum absolute atomic E-state index is 0.0852. The zero-order valence-electron chi connectivity index (χ0n) is 12.5. The molecule has 0 saturated carbocycles. The summed E-state index contributed by atoms with van der Waals surface area (Å²) >= 11 is 0. The van der Waals surface area contributed by atoms with Crippen molar-refractivity contribution < 1.29 is 29.4 Å². The molecule has 22 heavy (non-hydrogen) atoms. The SMILES string of the molecule is CNCC(C)(C=O)NC(=O)C(CCCNC(=O)O)NC(=O)O. The lowest BCUT2D eigenvalue weighted by molar-refractivity contribution is -0.128. The number of carboxylic acid groups (broad SMARTS) is 2. The number of rotatable bonds is 10. The summed E-state index contributed by atoms with van der Waals surface area (Å²) in [5.41, 5.74) is -1.16. The van der Waals surface area contributed by atoms with Crippen LogP contribution < -0.4 is 21.3 Å². The van der Waals surface area contributed by atoms with E-state index >= 15 is 0 Å². The molecule has 10 nitrogen and oxygen atoms in total. The number of nitrogens with one attached hydrogen (secondary N) is 4. The molecule has 0 bridgehead atoms. The van der Waals surface area contributed by atoms with E-state index in [1.54, 1.807) is 7.05 Å². The predicted molar refractivity (Wildman–Crippen MR) is 76.7 cm³/mol. The average Bonchev–Trinajstić information content (AvgIpc) is 2.41. The number of carbonyl (C=O) groups is 4. The maximum absolute atomic E-state index is 12.1. The van der Waals surface area contributed by atoms with Gasteiger partial charge in [0.1, 0.15) is 17.9 Å². The first kappa shape index (κ1) is 19.6. The molecule has 10 heteroatoms. The second kappa shape index (κ2) is 9.55. The molecule has 0 radical (unpaired) electrons. The van der Waals surface area contributed by atoms with Crippen molar-refractivity contribution in [2.75, 3.05) is 20.1 Å². The highest BCUT2D eigenvalue weighted by molar-refractivity contribution is 5.88. The van der Waals surface area contributed by atoms with Gasteiger partial charge in [0.15, 0.2) is 0 Å². The van der Waals surface area contributed by atoms with Gasteiger partial charge in [-0.15, -0.1) is 0 Å². The van der Waals surface area contributed by atoms with E-state index in [0.717, 1.165) is 0 Å². The second-order valence-electron chi connectivity index (χ2n) is 4.93. The van der Waals surface area contributed by atoms with Gasteiger partial charge in [-0.3, -0.25) is 4.79 Å². The largest absolute Gasteiger partial charge is 0.465 e. The van der Waals surface area contributed by atoms with Gasteiger partial charge >= 0.3 is 12.2 Å². The fourth-order valence-corrected chi connectivity index (χ4v) is 1.77. The van der Waals surface area contributed by atoms with Crippen LogP contribution in [0.25, 0.3) is 0 Å². The Labute approximate surface area is 127 Å². The fraction of sp³-hybridized carbons (Fsp3) is 0.667. The van der Waals surface area contributed by atoms with E-state index < -0.39 is 29.7 Å². The third kappa shape index (κ3) is 8.04. The van der Waals surface area contributed by atoms with Crippen molar-refractivity contribution in [2.45, 2.75) is 31.3 Å². The molecule has 0 heterocycles. The Bertz CT molecular complexity index is 416. The van der Waals surface area contributed by atoms with E-state index in [9.17, 15) is 19.2 Å². The first-order valence-electron chi connectivity index (χ1n) is 6.63. The second-order valence-corrected chi connectivity index (χ2v) is 4.93. The molecule has 0 aliphatic carbocycles. The normalized spacial score (nSPS) is 14.3. The summed E-state index contributed by atoms with van der Waals surface area (Å²) in [4.78, 5) is 44.2. The third-order valence-electron chi connectivity index (χ3n) is 2.77. The van der Waals surface area contributed by atoms with Crippen LogP contribution in [0.15, 0.2) is 0 Å². The number of hydrogen-bond donors (Lipinski definition) is 6. The van der Waals surface area contributed by atoms with Crippen molar-refractivity contribution in [3.63, 3.8) is 0 Å². The molecule has 126 valence electrons. The van der Waals surface area contributed by atoms with Crippen molar-refractivity contribution in [3.8, 4) is 0 Å². The molecule has 0 aliphatic rings. The van der Waals surface area contributed by atoms with Crippen LogP contribution >= 0.6 is 0 Å². The number of carbonyl (C=O) groups excluding carboxylic acids is 2. The summed E-state index contributed by atoms with van der Waals surface area (Å²) in [6.07, 6.45) is -1.67. The van der Waals surface area contributed by atoms with Crippen molar-refractivity contribution >= 4 is 24.4 Å². The Morgan fingerprint density at radius 2 is 1.86 bits per heavy atom. The molecule has 0 rings (SSSR count). The Morgan fingerprint density at radius 3 is 2.32 bits per heavy atom. The standard InChI is InChI=1S/C12H22N4O6/c1-12(7-17,6-13-2)16-9(18)8(15-11(21)22)4-3-5-14-10(19)20/h7-8,13-15H,3-6H2,1-2H3,(H,16,18)(H,19,20)(H,21,22). The lowest BCUT2D eigenvalue weighted by Gasteiger charge is -2.27. The first-order chi connectivity index (χ1) is 10.2. The van der Waals surface area contributed by atoms with Gasteiger partial charge in [0.05, 0.1) is 0 Å². The van der Waals surface area contributed by atoms with Crippen LogP contribution in [0.1, 0.15) is 19.8 Å². The molecule has 3 amide bonds. The topological polar surface area (TPSA) is 157 Å². The summed E-state index contributed by atoms with van der Waals surface area (Å²) in [6, 6.07) is -1.08. The highest BCUT2D eigenvalue weighted by atomic mass is 16.4. The van der Waals surface area contributed by atoms with Crippen molar-refractivity contribution in [2.24, 2.45) is 0 Å². The average molecular weight is 318 g/mol. The van der Waals surface area contributed by atoms with Gasteiger partial charge in [0, 0.05) is 13.1 Å². The molecular formula is C12H22N4O6. The highest BCUT2D eigenvalue weighted by Gasteiger charge is 2.29. The molecule has 6 N–H and O–H groups in total. The molecular weight excluding hydrogens is 296 g/mol.